The molecule has 0 atom stereocenters. The standard InChI is InChI=1S/C6H9N3O.2ClH/c1-10-6-4-8-5(2-7)3-9-6;;/h3-4H,2,7H2,1H3;2*1H. The van der Waals surface area contributed by atoms with Crippen molar-refractivity contribution in [2.75, 3.05) is 7.11 Å². The van der Waals surface area contributed by atoms with Gasteiger partial charge in [-0.05, 0) is 0 Å². The molecule has 0 saturated carbocycles. The third-order valence-corrected chi connectivity index (χ3v) is 1.10. The molecule has 1 aromatic rings. The van der Waals surface area contributed by atoms with Crippen LogP contribution in [-0.2, 0) is 6.54 Å². The smallest absolute Gasteiger partial charge is 0.231 e. The zero-order valence-electron chi connectivity index (χ0n) is 6.56. The van der Waals surface area contributed by atoms with E-state index in [4.69, 9.17) is 10.5 Å². The number of hydrogen-bond acceptors (Lipinski definition) is 4. The predicted octanol–water partition coefficient (Wildman–Crippen LogP) is 0.787. The summed E-state index contributed by atoms with van der Waals surface area (Å²) in [7, 11) is 1.55. The van der Waals surface area contributed by atoms with E-state index in [1.54, 1.807) is 19.5 Å². The van der Waals surface area contributed by atoms with Gasteiger partial charge in [0.1, 0.15) is 0 Å². The van der Waals surface area contributed by atoms with E-state index in [0.717, 1.165) is 5.69 Å². The van der Waals surface area contributed by atoms with Crippen LogP contribution in [0.15, 0.2) is 12.4 Å². The highest BCUT2D eigenvalue weighted by atomic mass is 35.5. The van der Waals surface area contributed by atoms with E-state index in [1.165, 1.54) is 0 Å². The Morgan fingerprint density at radius 2 is 2.00 bits per heavy atom. The van der Waals surface area contributed by atoms with E-state index in [9.17, 15) is 0 Å². The molecular formula is C6H11Cl2N3O. The van der Waals surface area contributed by atoms with Crippen molar-refractivity contribution in [3.8, 4) is 5.88 Å². The van der Waals surface area contributed by atoms with Gasteiger partial charge in [-0.2, -0.15) is 0 Å². The second-order valence-corrected chi connectivity index (χ2v) is 1.75. The van der Waals surface area contributed by atoms with Gasteiger partial charge in [0, 0.05) is 6.54 Å². The first kappa shape index (κ1) is 14.0. The number of methoxy groups -OCH3 is 1. The molecule has 0 aliphatic rings. The van der Waals surface area contributed by atoms with Gasteiger partial charge in [-0.25, -0.2) is 4.98 Å². The molecule has 2 N–H and O–H groups in total. The van der Waals surface area contributed by atoms with Gasteiger partial charge in [0.25, 0.3) is 0 Å². The molecule has 12 heavy (non-hydrogen) atoms. The highest BCUT2D eigenvalue weighted by Crippen LogP contribution is 2.00. The van der Waals surface area contributed by atoms with Crippen LogP contribution < -0.4 is 10.5 Å². The Bertz CT molecular complexity index is 181. The molecule has 0 radical (unpaired) electrons. The molecule has 0 bridgehead atoms. The first-order valence-corrected chi connectivity index (χ1v) is 2.92. The number of rotatable bonds is 2. The Kier molecular flexibility index (Phi) is 8.26. The normalized spacial score (nSPS) is 7.83. The monoisotopic (exact) mass is 211 g/mol. The van der Waals surface area contributed by atoms with Crippen LogP contribution in [0.1, 0.15) is 5.69 Å². The van der Waals surface area contributed by atoms with Crippen molar-refractivity contribution < 1.29 is 4.74 Å². The van der Waals surface area contributed by atoms with E-state index in [0.29, 0.717) is 12.4 Å². The summed E-state index contributed by atoms with van der Waals surface area (Å²) in [5.74, 6) is 0.511. The number of aromatic nitrogens is 2. The summed E-state index contributed by atoms with van der Waals surface area (Å²) >= 11 is 0. The lowest BCUT2D eigenvalue weighted by molar-refractivity contribution is 0.395. The summed E-state index contributed by atoms with van der Waals surface area (Å²) < 4.78 is 4.80. The SMILES string of the molecule is COc1cnc(CN)cn1.Cl.Cl. The summed E-state index contributed by atoms with van der Waals surface area (Å²) in [6.45, 7) is 0.414. The zero-order chi connectivity index (χ0) is 7.40. The summed E-state index contributed by atoms with van der Waals surface area (Å²) in [6, 6.07) is 0. The average Bonchev–Trinajstić information content (AvgIpc) is 2.05. The second kappa shape index (κ2) is 7.09. The van der Waals surface area contributed by atoms with Crippen LogP contribution in [0.3, 0.4) is 0 Å². The molecule has 0 saturated heterocycles. The summed E-state index contributed by atoms with van der Waals surface area (Å²) in [4.78, 5) is 7.86. The van der Waals surface area contributed by atoms with E-state index in [2.05, 4.69) is 9.97 Å². The molecule has 0 fully saturated rings. The minimum atomic E-state index is 0. The van der Waals surface area contributed by atoms with Gasteiger partial charge in [0.15, 0.2) is 0 Å². The molecule has 0 amide bonds. The van der Waals surface area contributed by atoms with Crippen LogP contribution in [0.25, 0.3) is 0 Å². The van der Waals surface area contributed by atoms with Crippen molar-refractivity contribution >= 4 is 24.8 Å². The minimum Gasteiger partial charge on any atom is -0.480 e. The molecule has 4 nitrogen and oxygen atoms in total. The van der Waals surface area contributed by atoms with Crippen molar-refractivity contribution in [2.24, 2.45) is 5.73 Å². The number of hydrogen-bond donors (Lipinski definition) is 1. The van der Waals surface area contributed by atoms with Crippen molar-refractivity contribution in [3.63, 3.8) is 0 Å². The Labute approximate surface area is 83.4 Å². The van der Waals surface area contributed by atoms with Crippen molar-refractivity contribution in [1.82, 2.24) is 9.97 Å². The lowest BCUT2D eigenvalue weighted by Crippen LogP contribution is -2.00. The topological polar surface area (TPSA) is 61.0 Å². The largest absolute Gasteiger partial charge is 0.480 e. The third kappa shape index (κ3) is 3.71. The second-order valence-electron chi connectivity index (χ2n) is 1.75. The lowest BCUT2D eigenvalue weighted by Gasteiger charge is -1.97. The van der Waals surface area contributed by atoms with Crippen LogP contribution >= 0.6 is 24.8 Å². The minimum absolute atomic E-state index is 0. The molecule has 0 unspecified atom stereocenters. The van der Waals surface area contributed by atoms with Gasteiger partial charge in [-0.3, -0.25) is 4.98 Å². The first-order valence-electron chi connectivity index (χ1n) is 2.92. The first-order chi connectivity index (χ1) is 4.86. The molecule has 6 heteroatoms. The molecule has 0 spiro atoms. The van der Waals surface area contributed by atoms with Crippen LogP contribution in [0.4, 0.5) is 0 Å². The van der Waals surface area contributed by atoms with Gasteiger partial charge in [-0.1, -0.05) is 0 Å². The van der Waals surface area contributed by atoms with Gasteiger partial charge in [0.2, 0.25) is 5.88 Å². The van der Waals surface area contributed by atoms with Gasteiger partial charge >= 0.3 is 0 Å². The van der Waals surface area contributed by atoms with Crippen molar-refractivity contribution in [3.05, 3.63) is 18.1 Å². The molecule has 1 rings (SSSR count). The highest BCUT2D eigenvalue weighted by Gasteiger charge is 1.92. The number of nitrogens with two attached hydrogens (primary N) is 1. The van der Waals surface area contributed by atoms with E-state index < -0.39 is 0 Å². The fourth-order valence-electron chi connectivity index (χ4n) is 0.554. The highest BCUT2D eigenvalue weighted by molar-refractivity contribution is 5.85. The molecule has 1 heterocycles. The summed E-state index contributed by atoms with van der Waals surface area (Å²) in [5.41, 5.74) is 6.06. The molecule has 1 aromatic heterocycles. The number of halogens is 2. The van der Waals surface area contributed by atoms with Crippen LogP contribution in [-0.4, -0.2) is 17.1 Å². The average molecular weight is 212 g/mol. The number of ether oxygens (including phenoxy) is 1. The van der Waals surface area contributed by atoms with Gasteiger partial charge in [-0.15, -0.1) is 24.8 Å². The van der Waals surface area contributed by atoms with Gasteiger partial charge < -0.3 is 10.5 Å². The molecular weight excluding hydrogens is 201 g/mol. The van der Waals surface area contributed by atoms with Crippen LogP contribution in [0.5, 0.6) is 5.88 Å². The van der Waals surface area contributed by atoms with Crippen molar-refractivity contribution in [2.45, 2.75) is 6.54 Å². The van der Waals surface area contributed by atoms with E-state index >= 15 is 0 Å². The lowest BCUT2D eigenvalue weighted by atomic mass is 10.5. The number of nitrogens with zero attached hydrogens (tertiary/aromatic N) is 2. The third-order valence-electron chi connectivity index (χ3n) is 1.10. The van der Waals surface area contributed by atoms with Gasteiger partial charge in [0.05, 0.1) is 25.2 Å². The fraction of sp³-hybridized carbons (Fsp3) is 0.333. The molecule has 70 valence electrons. The Balaban J connectivity index is 0. The molecule has 0 aliphatic carbocycles. The van der Waals surface area contributed by atoms with Crippen molar-refractivity contribution in [1.29, 1.82) is 0 Å². The quantitative estimate of drug-likeness (QED) is 0.787. The molecule has 0 aliphatic heterocycles. The van der Waals surface area contributed by atoms with E-state index in [1.807, 2.05) is 0 Å². The van der Waals surface area contributed by atoms with E-state index in [-0.39, 0.29) is 24.8 Å². The van der Waals surface area contributed by atoms with Crippen LogP contribution in [0.2, 0.25) is 0 Å². The summed E-state index contributed by atoms with van der Waals surface area (Å²) in [6.07, 6.45) is 3.14. The maximum absolute atomic E-state index is 5.30. The Morgan fingerprint density at radius 1 is 1.33 bits per heavy atom. The maximum Gasteiger partial charge on any atom is 0.231 e. The fourth-order valence-corrected chi connectivity index (χ4v) is 0.554. The predicted molar refractivity (Wildman–Crippen MR) is 51.0 cm³/mol. The Hall–Kier alpha value is -0.580. The summed E-state index contributed by atoms with van der Waals surface area (Å²) in [5, 5.41) is 0. The maximum atomic E-state index is 5.30. The molecule has 0 aromatic carbocycles. The Morgan fingerprint density at radius 3 is 2.33 bits per heavy atom. The van der Waals surface area contributed by atoms with Crippen LogP contribution in [0, 0.1) is 0 Å². The zero-order valence-corrected chi connectivity index (χ0v) is 8.19.